The summed E-state index contributed by atoms with van der Waals surface area (Å²) in [5.74, 6) is 0.556. The van der Waals surface area contributed by atoms with E-state index < -0.39 is 6.10 Å². The van der Waals surface area contributed by atoms with E-state index in [0.29, 0.717) is 17.4 Å². The molecule has 0 saturated heterocycles. The van der Waals surface area contributed by atoms with Gasteiger partial charge in [0.2, 0.25) is 0 Å². The standard InChI is InChI=1S/C15H24ClNO4/c1-11(8-19-3)20-9-13(18)10-21-15-5-4-12(7-17-2)6-14(15)16/h4-6,11,13,17-18H,7-10H2,1-3H3. The Hall–Kier alpha value is -0.850. The predicted molar refractivity (Wildman–Crippen MR) is 83.0 cm³/mol. The Balaban J connectivity index is 2.37. The second kappa shape index (κ2) is 9.97. The molecule has 0 fully saturated rings. The van der Waals surface area contributed by atoms with E-state index in [0.717, 1.165) is 12.1 Å². The third kappa shape index (κ3) is 7.11. The first kappa shape index (κ1) is 18.2. The van der Waals surface area contributed by atoms with Crippen LogP contribution in [0.15, 0.2) is 18.2 Å². The van der Waals surface area contributed by atoms with Crippen molar-refractivity contribution >= 4 is 11.6 Å². The lowest BCUT2D eigenvalue weighted by molar-refractivity contribution is -0.0422. The van der Waals surface area contributed by atoms with Crippen LogP contribution in [0.4, 0.5) is 0 Å². The molecule has 2 atom stereocenters. The molecule has 0 amide bonds. The Labute approximate surface area is 131 Å². The number of ether oxygens (including phenoxy) is 3. The summed E-state index contributed by atoms with van der Waals surface area (Å²) in [5, 5.41) is 13.4. The minimum absolute atomic E-state index is 0.0611. The van der Waals surface area contributed by atoms with E-state index in [4.69, 9.17) is 25.8 Å². The van der Waals surface area contributed by atoms with Crippen molar-refractivity contribution < 1.29 is 19.3 Å². The van der Waals surface area contributed by atoms with Crippen LogP contribution in [0.3, 0.4) is 0 Å². The van der Waals surface area contributed by atoms with Gasteiger partial charge in [0.1, 0.15) is 18.5 Å². The molecule has 1 aromatic rings. The Morgan fingerprint density at radius 3 is 2.67 bits per heavy atom. The molecule has 0 aliphatic carbocycles. The van der Waals surface area contributed by atoms with Crippen molar-refractivity contribution in [2.45, 2.75) is 25.7 Å². The summed E-state index contributed by atoms with van der Waals surface area (Å²) in [5.41, 5.74) is 1.08. The van der Waals surface area contributed by atoms with Crippen LogP contribution in [-0.4, -0.2) is 51.3 Å². The molecule has 0 aliphatic heterocycles. The van der Waals surface area contributed by atoms with Gasteiger partial charge in [-0.05, 0) is 31.7 Å². The van der Waals surface area contributed by atoms with Gasteiger partial charge in [-0.2, -0.15) is 0 Å². The van der Waals surface area contributed by atoms with Crippen LogP contribution in [0.5, 0.6) is 5.75 Å². The molecule has 1 aromatic carbocycles. The highest BCUT2D eigenvalue weighted by molar-refractivity contribution is 6.32. The number of halogens is 1. The first-order chi connectivity index (χ1) is 10.1. The summed E-state index contributed by atoms with van der Waals surface area (Å²) in [6, 6.07) is 5.58. The van der Waals surface area contributed by atoms with Crippen molar-refractivity contribution in [1.29, 1.82) is 0 Å². The third-order valence-electron chi connectivity index (χ3n) is 2.78. The summed E-state index contributed by atoms with van der Waals surface area (Å²) >= 11 is 6.14. The number of hydrogen-bond donors (Lipinski definition) is 2. The number of methoxy groups -OCH3 is 1. The molecule has 0 aliphatic rings. The molecule has 0 spiro atoms. The Morgan fingerprint density at radius 2 is 2.05 bits per heavy atom. The zero-order valence-electron chi connectivity index (χ0n) is 12.8. The van der Waals surface area contributed by atoms with E-state index in [1.165, 1.54) is 0 Å². The smallest absolute Gasteiger partial charge is 0.138 e. The molecule has 0 aromatic heterocycles. The molecule has 2 N–H and O–H groups in total. The van der Waals surface area contributed by atoms with Crippen LogP contribution < -0.4 is 10.1 Å². The first-order valence-electron chi connectivity index (χ1n) is 6.91. The maximum atomic E-state index is 9.81. The summed E-state index contributed by atoms with van der Waals surface area (Å²) < 4.78 is 15.9. The van der Waals surface area contributed by atoms with Crippen molar-refractivity contribution in [2.24, 2.45) is 0 Å². The van der Waals surface area contributed by atoms with Crippen LogP contribution in [0.1, 0.15) is 12.5 Å². The fraction of sp³-hybridized carbons (Fsp3) is 0.600. The van der Waals surface area contributed by atoms with Crippen LogP contribution in [-0.2, 0) is 16.0 Å². The SMILES string of the molecule is CNCc1ccc(OCC(O)COC(C)COC)c(Cl)c1. The van der Waals surface area contributed by atoms with Crippen LogP contribution in [0.25, 0.3) is 0 Å². The fourth-order valence-electron chi connectivity index (χ4n) is 1.77. The molecular weight excluding hydrogens is 294 g/mol. The molecule has 0 bridgehead atoms. The summed E-state index contributed by atoms with van der Waals surface area (Å²) in [7, 11) is 3.48. The first-order valence-corrected chi connectivity index (χ1v) is 7.29. The molecule has 0 saturated carbocycles. The Bertz CT molecular complexity index is 417. The number of nitrogens with one attached hydrogen (secondary N) is 1. The topological polar surface area (TPSA) is 60.0 Å². The highest BCUT2D eigenvalue weighted by atomic mass is 35.5. The van der Waals surface area contributed by atoms with Crippen molar-refractivity contribution in [1.82, 2.24) is 5.32 Å². The number of rotatable bonds is 10. The number of aliphatic hydroxyl groups excluding tert-OH is 1. The molecule has 6 heteroatoms. The van der Waals surface area contributed by atoms with E-state index in [2.05, 4.69) is 5.32 Å². The van der Waals surface area contributed by atoms with Gasteiger partial charge in [-0.25, -0.2) is 0 Å². The van der Waals surface area contributed by atoms with Crippen LogP contribution in [0, 0.1) is 0 Å². The second-order valence-corrected chi connectivity index (χ2v) is 5.27. The molecule has 0 heterocycles. The van der Waals surface area contributed by atoms with Gasteiger partial charge >= 0.3 is 0 Å². The average molecular weight is 318 g/mol. The summed E-state index contributed by atoms with van der Waals surface area (Å²) in [6.45, 7) is 3.44. The summed E-state index contributed by atoms with van der Waals surface area (Å²) in [4.78, 5) is 0. The monoisotopic (exact) mass is 317 g/mol. The summed E-state index contributed by atoms with van der Waals surface area (Å²) in [6.07, 6.45) is -0.772. The molecular formula is C15H24ClNO4. The molecule has 2 unspecified atom stereocenters. The predicted octanol–water partition coefficient (Wildman–Crippen LogP) is 1.85. The highest BCUT2D eigenvalue weighted by Gasteiger charge is 2.10. The zero-order chi connectivity index (χ0) is 15.7. The van der Waals surface area contributed by atoms with Crippen molar-refractivity contribution in [2.75, 3.05) is 34.0 Å². The third-order valence-corrected chi connectivity index (χ3v) is 3.08. The van der Waals surface area contributed by atoms with Crippen LogP contribution in [0.2, 0.25) is 5.02 Å². The highest BCUT2D eigenvalue weighted by Crippen LogP contribution is 2.25. The maximum absolute atomic E-state index is 9.81. The van der Waals surface area contributed by atoms with E-state index in [-0.39, 0.29) is 19.3 Å². The van der Waals surface area contributed by atoms with Gasteiger partial charge in [0, 0.05) is 13.7 Å². The lowest BCUT2D eigenvalue weighted by Crippen LogP contribution is -2.27. The molecule has 21 heavy (non-hydrogen) atoms. The van der Waals surface area contributed by atoms with E-state index >= 15 is 0 Å². The van der Waals surface area contributed by atoms with Gasteiger partial charge in [0.15, 0.2) is 0 Å². The lowest BCUT2D eigenvalue weighted by Gasteiger charge is -2.17. The fourth-order valence-corrected chi connectivity index (χ4v) is 2.03. The number of benzene rings is 1. The van der Waals surface area contributed by atoms with Crippen molar-refractivity contribution in [3.63, 3.8) is 0 Å². The lowest BCUT2D eigenvalue weighted by atomic mass is 10.2. The zero-order valence-corrected chi connectivity index (χ0v) is 13.5. The largest absolute Gasteiger partial charge is 0.489 e. The minimum Gasteiger partial charge on any atom is -0.489 e. The van der Waals surface area contributed by atoms with Gasteiger partial charge < -0.3 is 24.6 Å². The normalized spacial score (nSPS) is 14.0. The van der Waals surface area contributed by atoms with Gasteiger partial charge in [-0.3, -0.25) is 0 Å². The second-order valence-electron chi connectivity index (χ2n) is 4.86. The van der Waals surface area contributed by atoms with Gasteiger partial charge in [0.05, 0.1) is 24.3 Å². The Kier molecular flexibility index (Phi) is 8.64. The van der Waals surface area contributed by atoms with E-state index in [1.807, 2.05) is 26.1 Å². The van der Waals surface area contributed by atoms with Gasteiger partial charge in [-0.15, -0.1) is 0 Å². The van der Waals surface area contributed by atoms with E-state index in [9.17, 15) is 5.11 Å². The molecule has 5 nitrogen and oxygen atoms in total. The van der Waals surface area contributed by atoms with E-state index in [1.54, 1.807) is 13.2 Å². The van der Waals surface area contributed by atoms with Gasteiger partial charge in [0.25, 0.3) is 0 Å². The average Bonchev–Trinajstić information content (AvgIpc) is 2.45. The van der Waals surface area contributed by atoms with Crippen molar-refractivity contribution in [3.8, 4) is 5.75 Å². The molecule has 120 valence electrons. The molecule has 0 radical (unpaired) electrons. The maximum Gasteiger partial charge on any atom is 0.138 e. The number of hydrogen-bond acceptors (Lipinski definition) is 5. The Morgan fingerprint density at radius 1 is 1.29 bits per heavy atom. The quantitative estimate of drug-likeness (QED) is 0.689. The molecule has 1 rings (SSSR count). The van der Waals surface area contributed by atoms with Gasteiger partial charge in [-0.1, -0.05) is 17.7 Å². The van der Waals surface area contributed by atoms with Crippen molar-refractivity contribution in [3.05, 3.63) is 28.8 Å². The minimum atomic E-state index is -0.711. The number of aliphatic hydroxyl groups is 1. The van der Waals surface area contributed by atoms with Crippen LogP contribution >= 0.6 is 11.6 Å².